The molecule has 5 aromatic rings. The molecule has 0 spiro atoms. The first-order valence-corrected chi connectivity index (χ1v) is 16.2. The van der Waals surface area contributed by atoms with Gasteiger partial charge in [0, 0.05) is 21.1 Å². The fraction of sp³-hybridized carbons (Fsp3) is 0.0333. The van der Waals surface area contributed by atoms with Crippen LogP contribution in [0.25, 0.3) is 10.8 Å². The molecule has 0 fully saturated rings. The Morgan fingerprint density at radius 1 is 0.690 bits per heavy atom. The lowest BCUT2D eigenvalue weighted by molar-refractivity contribution is -0.114. The number of anilines is 3. The molecule has 0 saturated carbocycles. The van der Waals surface area contributed by atoms with Crippen LogP contribution in [0, 0.1) is 0 Å². The highest BCUT2D eigenvalue weighted by atomic mass is 35.5. The molecule has 0 aromatic heterocycles. The normalized spacial score (nSPS) is 11.7. The predicted molar refractivity (Wildman–Crippen MR) is 167 cm³/mol. The summed E-state index contributed by atoms with van der Waals surface area (Å²) in [6.45, 7) is -0.601. The molecular weight excluding hydrogens is 617 g/mol. The highest BCUT2D eigenvalue weighted by Gasteiger charge is 2.28. The van der Waals surface area contributed by atoms with E-state index in [2.05, 4.69) is 10.0 Å². The highest BCUT2D eigenvalue weighted by Crippen LogP contribution is 2.30. The number of carbonyl (C=O) groups is 1. The van der Waals surface area contributed by atoms with Crippen LogP contribution in [0.4, 0.5) is 17.1 Å². The molecule has 5 rings (SSSR count). The number of benzene rings is 5. The van der Waals surface area contributed by atoms with Crippen LogP contribution in [-0.2, 0) is 24.8 Å². The first kappa shape index (κ1) is 29.4. The number of sulfonamides is 2. The van der Waals surface area contributed by atoms with Gasteiger partial charge in [-0.15, -0.1) is 0 Å². The lowest BCUT2D eigenvalue weighted by atomic mass is 10.1. The Hall–Kier alpha value is -4.09. The monoisotopic (exact) mass is 639 g/mol. The van der Waals surface area contributed by atoms with E-state index in [1.165, 1.54) is 54.6 Å². The standard InChI is InChI=1S/C30H23Cl2N3O5S2/c31-22-17-23(32)19-25(18-22)35(42(39,40)27-9-2-1-3-10-27)20-30(36)33-24-13-15-26(16-14-24)41(37,38)34-29-12-6-8-21-7-4-5-11-28(21)29/h1-19,34H,20H2,(H,33,36). The van der Waals surface area contributed by atoms with Crippen molar-refractivity contribution in [3.63, 3.8) is 0 Å². The molecule has 12 heteroatoms. The van der Waals surface area contributed by atoms with E-state index in [0.717, 1.165) is 15.1 Å². The molecule has 5 aromatic carbocycles. The van der Waals surface area contributed by atoms with Gasteiger partial charge in [-0.3, -0.25) is 13.8 Å². The van der Waals surface area contributed by atoms with E-state index in [1.807, 2.05) is 30.3 Å². The van der Waals surface area contributed by atoms with Gasteiger partial charge in [0.2, 0.25) is 5.91 Å². The molecule has 0 heterocycles. The molecule has 0 unspecified atom stereocenters. The number of nitrogens with zero attached hydrogens (tertiary/aromatic N) is 1. The molecule has 0 radical (unpaired) electrons. The van der Waals surface area contributed by atoms with Crippen molar-refractivity contribution < 1.29 is 21.6 Å². The third kappa shape index (κ3) is 6.52. The van der Waals surface area contributed by atoms with Crippen LogP contribution in [0.2, 0.25) is 10.0 Å². The summed E-state index contributed by atoms with van der Waals surface area (Å²) in [6, 6.07) is 30.1. The summed E-state index contributed by atoms with van der Waals surface area (Å²) >= 11 is 12.3. The summed E-state index contributed by atoms with van der Waals surface area (Å²) in [4.78, 5) is 13.0. The summed E-state index contributed by atoms with van der Waals surface area (Å²) < 4.78 is 56.7. The Morgan fingerprint density at radius 3 is 2.00 bits per heavy atom. The number of rotatable bonds is 9. The summed E-state index contributed by atoms with van der Waals surface area (Å²) in [6.07, 6.45) is 0. The predicted octanol–water partition coefficient (Wildman–Crippen LogP) is 6.78. The molecule has 0 aliphatic rings. The van der Waals surface area contributed by atoms with Crippen molar-refractivity contribution in [2.75, 3.05) is 20.9 Å². The van der Waals surface area contributed by atoms with Crippen molar-refractivity contribution in [1.82, 2.24) is 0 Å². The summed E-state index contributed by atoms with van der Waals surface area (Å²) in [5.41, 5.74) is 0.809. The zero-order valence-electron chi connectivity index (χ0n) is 21.7. The Bertz CT molecular complexity index is 1960. The second-order valence-electron chi connectivity index (χ2n) is 9.16. The van der Waals surface area contributed by atoms with E-state index in [4.69, 9.17) is 23.2 Å². The van der Waals surface area contributed by atoms with Gasteiger partial charge in [0.15, 0.2) is 0 Å². The van der Waals surface area contributed by atoms with E-state index >= 15 is 0 Å². The van der Waals surface area contributed by atoms with Crippen LogP contribution < -0.4 is 14.3 Å². The Morgan fingerprint density at radius 2 is 1.31 bits per heavy atom. The minimum atomic E-state index is -4.18. The van der Waals surface area contributed by atoms with Gasteiger partial charge in [0.1, 0.15) is 6.54 Å². The molecule has 0 bridgehead atoms. The Balaban J connectivity index is 1.35. The van der Waals surface area contributed by atoms with E-state index < -0.39 is 32.5 Å². The largest absolute Gasteiger partial charge is 0.325 e. The molecule has 8 nitrogen and oxygen atoms in total. The average Bonchev–Trinajstić information content (AvgIpc) is 2.96. The Labute approximate surface area is 253 Å². The van der Waals surface area contributed by atoms with Gasteiger partial charge in [-0.2, -0.15) is 0 Å². The van der Waals surface area contributed by atoms with Gasteiger partial charge in [-0.05, 0) is 66.0 Å². The lowest BCUT2D eigenvalue weighted by Gasteiger charge is -2.24. The third-order valence-electron chi connectivity index (χ3n) is 6.24. The molecular formula is C30H23Cl2N3O5S2. The van der Waals surface area contributed by atoms with E-state index in [1.54, 1.807) is 30.3 Å². The quantitative estimate of drug-likeness (QED) is 0.185. The summed E-state index contributed by atoms with van der Waals surface area (Å²) in [7, 11) is -8.12. The van der Waals surface area contributed by atoms with Crippen molar-refractivity contribution in [1.29, 1.82) is 0 Å². The number of nitrogens with one attached hydrogen (secondary N) is 2. The molecule has 214 valence electrons. The zero-order chi connectivity index (χ0) is 29.9. The first-order chi connectivity index (χ1) is 20.0. The number of amides is 1. The molecule has 42 heavy (non-hydrogen) atoms. The lowest BCUT2D eigenvalue weighted by Crippen LogP contribution is -2.38. The SMILES string of the molecule is O=C(CN(c1cc(Cl)cc(Cl)c1)S(=O)(=O)c1ccccc1)Nc1ccc(S(=O)(=O)Nc2cccc3ccccc23)cc1. The molecule has 0 aliphatic heterocycles. The zero-order valence-corrected chi connectivity index (χ0v) is 24.9. The molecule has 0 atom stereocenters. The van der Waals surface area contributed by atoms with Crippen molar-refractivity contribution in [3.05, 3.63) is 125 Å². The van der Waals surface area contributed by atoms with Crippen LogP contribution in [0.5, 0.6) is 0 Å². The summed E-state index contributed by atoms with van der Waals surface area (Å²) in [5.74, 6) is -0.671. The van der Waals surface area contributed by atoms with E-state index in [0.29, 0.717) is 5.69 Å². The van der Waals surface area contributed by atoms with E-state index in [-0.39, 0.29) is 31.2 Å². The summed E-state index contributed by atoms with van der Waals surface area (Å²) in [5, 5.41) is 4.65. The fourth-order valence-electron chi connectivity index (χ4n) is 4.28. The van der Waals surface area contributed by atoms with Gasteiger partial charge < -0.3 is 5.32 Å². The number of hydrogen-bond acceptors (Lipinski definition) is 5. The van der Waals surface area contributed by atoms with E-state index in [9.17, 15) is 21.6 Å². The maximum absolute atomic E-state index is 13.5. The number of halogens is 2. The molecule has 2 N–H and O–H groups in total. The van der Waals surface area contributed by atoms with Crippen LogP contribution in [0.15, 0.2) is 125 Å². The van der Waals surface area contributed by atoms with Gasteiger partial charge in [-0.25, -0.2) is 16.8 Å². The van der Waals surface area contributed by atoms with Gasteiger partial charge in [-0.1, -0.05) is 77.8 Å². The minimum Gasteiger partial charge on any atom is -0.325 e. The van der Waals surface area contributed by atoms with Crippen molar-refractivity contribution in [3.8, 4) is 0 Å². The van der Waals surface area contributed by atoms with Crippen molar-refractivity contribution >= 4 is 77.0 Å². The fourth-order valence-corrected chi connectivity index (χ4v) is 7.30. The second kappa shape index (κ2) is 12.0. The van der Waals surface area contributed by atoms with Crippen molar-refractivity contribution in [2.24, 2.45) is 0 Å². The Kier molecular flexibility index (Phi) is 8.42. The van der Waals surface area contributed by atoms with Crippen molar-refractivity contribution in [2.45, 2.75) is 9.79 Å². The topological polar surface area (TPSA) is 113 Å². The maximum Gasteiger partial charge on any atom is 0.264 e. The third-order valence-corrected chi connectivity index (χ3v) is 9.84. The minimum absolute atomic E-state index is 0.0183. The highest BCUT2D eigenvalue weighted by molar-refractivity contribution is 7.93. The molecule has 0 saturated heterocycles. The van der Waals surface area contributed by atoms with Gasteiger partial charge in [0.25, 0.3) is 20.0 Å². The van der Waals surface area contributed by atoms with Crippen LogP contribution >= 0.6 is 23.2 Å². The number of hydrogen-bond donors (Lipinski definition) is 2. The van der Waals surface area contributed by atoms with Gasteiger partial charge >= 0.3 is 0 Å². The molecule has 1 amide bonds. The van der Waals surface area contributed by atoms with Crippen LogP contribution in [0.1, 0.15) is 0 Å². The second-order valence-corrected chi connectivity index (χ2v) is 13.6. The number of fused-ring (bicyclic) bond motifs is 1. The first-order valence-electron chi connectivity index (χ1n) is 12.5. The van der Waals surface area contributed by atoms with Crippen LogP contribution in [-0.4, -0.2) is 29.3 Å². The maximum atomic E-state index is 13.5. The van der Waals surface area contributed by atoms with Gasteiger partial charge in [0.05, 0.1) is 21.2 Å². The van der Waals surface area contributed by atoms with Crippen LogP contribution in [0.3, 0.4) is 0 Å². The number of carbonyl (C=O) groups excluding carboxylic acids is 1. The average molecular weight is 641 g/mol. The smallest absolute Gasteiger partial charge is 0.264 e. The molecule has 0 aliphatic carbocycles.